The highest BCUT2D eigenvalue weighted by Crippen LogP contribution is 2.44. The fourth-order valence-electron chi connectivity index (χ4n) is 6.08. The Morgan fingerprint density at radius 2 is 1.67 bits per heavy atom. The summed E-state index contributed by atoms with van der Waals surface area (Å²) in [7, 11) is 0. The fourth-order valence-corrected chi connectivity index (χ4v) is 6.08. The number of hydrogen-bond donors (Lipinski definition) is 2. The van der Waals surface area contributed by atoms with Gasteiger partial charge in [0.25, 0.3) is 0 Å². The van der Waals surface area contributed by atoms with E-state index in [1.807, 2.05) is 4.90 Å². The molecule has 2 atom stereocenters. The van der Waals surface area contributed by atoms with Gasteiger partial charge in [0.2, 0.25) is 11.8 Å². The molecule has 0 aromatic heterocycles. The van der Waals surface area contributed by atoms with Crippen LogP contribution in [-0.4, -0.2) is 55.1 Å². The molecule has 2 amide bonds. The molecule has 6 heteroatoms. The molecule has 3 saturated carbocycles. The second-order valence-corrected chi connectivity index (χ2v) is 9.34. The molecule has 4 fully saturated rings. The lowest BCUT2D eigenvalue weighted by atomic mass is 9.66. The maximum atomic E-state index is 13.4. The predicted molar refractivity (Wildman–Crippen MR) is 103 cm³/mol. The molecule has 6 nitrogen and oxygen atoms in total. The van der Waals surface area contributed by atoms with Crippen molar-refractivity contribution in [2.75, 3.05) is 26.3 Å². The smallest absolute Gasteiger partial charge is 0.226 e. The van der Waals surface area contributed by atoms with E-state index in [4.69, 9.17) is 10.5 Å². The Bertz CT molecular complexity index is 541. The van der Waals surface area contributed by atoms with E-state index in [1.165, 1.54) is 19.3 Å². The summed E-state index contributed by atoms with van der Waals surface area (Å²) in [6.07, 6.45) is 9.81. The summed E-state index contributed by atoms with van der Waals surface area (Å²) in [5, 5.41) is 3.44. The van der Waals surface area contributed by atoms with Gasteiger partial charge in [-0.25, -0.2) is 0 Å². The lowest BCUT2D eigenvalue weighted by Crippen LogP contribution is -2.57. The van der Waals surface area contributed by atoms with Crippen molar-refractivity contribution in [3.63, 3.8) is 0 Å². The summed E-state index contributed by atoms with van der Waals surface area (Å²) in [6, 6.07) is 0.554. The molecular weight excluding hydrogens is 342 g/mol. The van der Waals surface area contributed by atoms with Crippen molar-refractivity contribution in [3.05, 3.63) is 0 Å². The standard InChI is InChI=1S/C21H35N3O3/c22-17-12-15-4-3-5-16(13-17)19(15)23-20(26)21(6-1-2-7-21)14-18(25)24-8-10-27-11-9-24/h15-17,19H,1-14,22H2,(H,23,26). The highest BCUT2D eigenvalue weighted by molar-refractivity contribution is 5.89. The van der Waals surface area contributed by atoms with Gasteiger partial charge in [-0.3, -0.25) is 9.59 Å². The Morgan fingerprint density at radius 3 is 2.30 bits per heavy atom. The number of nitrogens with one attached hydrogen (secondary N) is 1. The van der Waals surface area contributed by atoms with Crippen molar-refractivity contribution in [1.82, 2.24) is 10.2 Å². The summed E-state index contributed by atoms with van der Waals surface area (Å²) < 4.78 is 5.36. The lowest BCUT2D eigenvalue weighted by molar-refractivity contribution is -0.144. The van der Waals surface area contributed by atoms with Crippen LogP contribution in [-0.2, 0) is 14.3 Å². The molecule has 152 valence electrons. The third-order valence-electron chi connectivity index (χ3n) is 7.57. The quantitative estimate of drug-likeness (QED) is 0.783. The summed E-state index contributed by atoms with van der Waals surface area (Å²) in [5.74, 6) is 1.30. The second-order valence-electron chi connectivity index (χ2n) is 9.34. The van der Waals surface area contributed by atoms with Gasteiger partial charge < -0.3 is 20.7 Å². The van der Waals surface area contributed by atoms with Gasteiger partial charge in [-0.05, 0) is 50.4 Å². The van der Waals surface area contributed by atoms with Gasteiger partial charge in [0.15, 0.2) is 0 Å². The largest absolute Gasteiger partial charge is 0.378 e. The zero-order valence-corrected chi connectivity index (χ0v) is 16.5. The fraction of sp³-hybridized carbons (Fsp3) is 0.905. The molecule has 4 rings (SSSR count). The van der Waals surface area contributed by atoms with Crippen LogP contribution in [0.15, 0.2) is 0 Å². The van der Waals surface area contributed by atoms with Gasteiger partial charge in [0, 0.05) is 31.6 Å². The summed E-state index contributed by atoms with van der Waals surface area (Å²) in [4.78, 5) is 28.2. The molecule has 0 aromatic rings. The Balaban J connectivity index is 1.43. The van der Waals surface area contributed by atoms with Gasteiger partial charge in [-0.15, -0.1) is 0 Å². The molecule has 0 aromatic carbocycles. The minimum absolute atomic E-state index is 0.126. The topological polar surface area (TPSA) is 84.7 Å². The Kier molecular flexibility index (Phi) is 5.74. The van der Waals surface area contributed by atoms with Crippen LogP contribution in [0, 0.1) is 17.3 Å². The average Bonchev–Trinajstić information content (AvgIpc) is 3.13. The number of carbonyl (C=O) groups excluding carboxylic acids is 2. The zero-order chi connectivity index (χ0) is 18.9. The van der Waals surface area contributed by atoms with Gasteiger partial charge >= 0.3 is 0 Å². The number of ether oxygens (including phenoxy) is 1. The van der Waals surface area contributed by atoms with Crippen molar-refractivity contribution in [1.29, 1.82) is 0 Å². The Labute approximate surface area is 162 Å². The van der Waals surface area contributed by atoms with Gasteiger partial charge in [0.05, 0.1) is 18.6 Å². The second kappa shape index (κ2) is 8.08. The SMILES string of the molecule is NC1CC2CCCC(C1)C2NC(=O)C1(CC(=O)N2CCOCC2)CCCC1. The predicted octanol–water partition coefficient (Wildman–Crippen LogP) is 1.82. The molecule has 3 aliphatic carbocycles. The van der Waals surface area contributed by atoms with Crippen LogP contribution in [0.2, 0.25) is 0 Å². The molecular formula is C21H35N3O3. The molecule has 0 radical (unpaired) electrons. The van der Waals surface area contributed by atoms with E-state index in [9.17, 15) is 9.59 Å². The maximum Gasteiger partial charge on any atom is 0.226 e. The number of amides is 2. The van der Waals surface area contributed by atoms with Crippen LogP contribution in [0.25, 0.3) is 0 Å². The van der Waals surface area contributed by atoms with E-state index >= 15 is 0 Å². The Hall–Kier alpha value is -1.14. The third-order valence-corrected chi connectivity index (χ3v) is 7.57. The van der Waals surface area contributed by atoms with E-state index in [1.54, 1.807) is 0 Å². The highest BCUT2D eigenvalue weighted by Gasteiger charge is 2.47. The number of rotatable bonds is 4. The van der Waals surface area contributed by atoms with Crippen molar-refractivity contribution < 1.29 is 14.3 Å². The number of fused-ring (bicyclic) bond motifs is 2. The minimum atomic E-state index is -0.497. The van der Waals surface area contributed by atoms with Gasteiger partial charge in [0.1, 0.15) is 0 Å². The van der Waals surface area contributed by atoms with Gasteiger partial charge in [-0.2, -0.15) is 0 Å². The van der Waals surface area contributed by atoms with E-state index in [-0.39, 0.29) is 23.9 Å². The molecule has 4 aliphatic rings. The molecule has 1 aliphatic heterocycles. The van der Waals surface area contributed by atoms with Crippen molar-refractivity contribution in [2.45, 2.75) is 76.3 Å². The van der Waals surface area contributed by atoms with Crippen LogP contribution in [0.1, 0.15) is 64.2 Å². The number of morpholine rings is 1. The van der Waals surface area contributed by atoms with Crippen LogP contribution >= 0.6 is 0 Å². The molecule has 2 bridgehead atoms. The van der Waals surface area contributed by atoms with E-state index in [0.29, 0.717) is 44.6 Å². The molecule has 3 N–H and O–H groups in total. The zero-order valence-electron chi connectivity index (χ0n) is 16.5. The number of nitrogens with two attached hydrogens (primary N) is 1. The normalized spacial score (nSPS) is 35.7. The first-order chi connectivity index (χ1) is 13.1. The van der Waals surface area contributed by atoms with E-state index < -0.39 is 5.41 Å². The van der Waals surface area contributed by atoms with Crippen LogP contribution in [0.3, 0.4) is 0 Å². The average molecular weight is 378 g/mol. The van der Waals surface area contributed by atoms with Crippen molar-refractivity contribution in [2.24, 2.45) is 23.0 Å². The first-order valence-corrected chi connectivity index (χ1v) is 11.0. The van der Waals surface area contributed by atoms with Gasteiger partial charge in [-0.1, -0.05) is 19.3 Å². The number of carbonyl (C=O) groups is 2. The lowest BCUT2D eigenvalue weighted by Gasteiger charge is -2.46. The first kappa shape index (κ1) is 19.2. The molecule has 27 heavy (non-hydrogen) atoms. The first-order valence-electron chi connectivity index (χ1n) is 11.0. The summed E-state index contributed by atoms with van der Waals surface area (Å²) in [6.45, 7) is 2.52. The molecule has 0 spiro atoms. The van der Waals surface area contributed by atoms with Crippen molar-refractivity contribution >= 4 is 11.8 Å². The maximum absolute atomic E-state index is 13.4. The van der Waals surface area contributed by atoms with E-state index in [2.05, 4.69) is 5.32 Å². The molecule has 1 heterocycles. The van der Waals surface area contributed by atoms with Crippen LogP contribution < -0.4 is 11.1 Å². The minimum Gasteiger partial charge on any atom is -0.378 e. The van der Waals surface area contributed by atoms with Crippen LogP contribution in [0.5, 0.6) is 0 Å². The summed E-state index contributed by atoms with van der Waals surface area (Å²) in [5.41, 5.74) is 5.74. The number of hydrogen-bond acceptors (Lipinski definition) is 4. The van der Waals surface area contributed by atoms with Crippen LogP contribution in [0.4, 0.5) is 0 Å². The Morgan fingerprint density at radius 1 is 1.04 bits per heavy atom. The number of nitrogens with zero attached hydrogens (tertiary/aromatic N) is 1. The summed E-state index contributed by atoms with van der Waals surface area (Å²) >= 11 is 0. The molecule has 1 saturated heterocycles. The van der Waals surface area contributed by atoms with Crippen molar-refractivity contribution in [3.8, 4) is 0 Å². The molecule has 2 unspecified atom stereocenters. The monoisotopic (exact) mass is 377 g/mol. The van der Waals surface area contributed by atoms with E-state index in [0.717, 1.165) is 38.5 Å². The third kappa shape index (κ3) is 4.02. The highest BCUT2D eigenvalue weighted by atomic mass is 16.5.